The van der Waals surface area contributed by atoms with Crippen LogP contribution in [0.2, 0.25) is 0 Å². The lowest BCUT2D eigenvalue weighted by atomic mass is 10.1. The Morgan fingerprint density at radius 1 is 1.33 bits per heavy atom. The van der Waals surface area contributed by atoms with E-state index in [4.69, 9.17) is 4.74 Å². The number of carbonyl (C=O) groups is 1. The quantitative estimate of drug-likeness (QED) is 0.801. The van der Waals surface area contributed by atoms with Crippen LogP contribution >= 0.6 is 0 Å². The molecule has 0 saturated carbocycles. The van der Waals surface area contributed by atoms with E-state index in [1.807, 2.05) is 43.9 Å². The van der Waals surface area contributed by atoms with Gasteiger partial charge in [0.05, 0.1) is 18.6 Å². The van der Waals surface area contributed by atoms with E-state index >= 15 is 0 Å². The molecule has 0 N–H and O–H groups in total. The lowest BCUT2D eigenvalue weighted by Crippen LogP contribution is -2.48. The molecule has 0 unspecified atom stereocenters. The second kappa shape index (κ2) is 5.53. The summed E-state index contributed by atoms with van der Waals surface area (Å²) in [7, 11) is 0. The summed E-state index contributed by atoms with van der Waals surface area (Å²) in [5.74, 6) is 0.197. The van der Waals surface area contributed by atoms with E-state index < -0.39 is 0 Å². The molecule has 1 aromatic rings. The van der Waals surface area contributed by atoms with E-state index in [-0.39, 0.29) is 18.1 Å². The van der Waals surface area contributed by atoms with Gasteiger partial charge in [-0.15, -0.1) is 0 Å². The number of benzene rings is 1. The van der Waals surface area contributed by atoms with Crippen LogP contribution in [-0.4, -0.2) is 36.1 Å². The first-order valence-electron chi connectivity index (χ1n) is 6.53. The summed E-state index contributed by atoms with van der Waals surface area (Å²) in [4.78, 5) is 14.2. The topological polar surface area (TPSA) is 29.5 Å². The zero-order valence-electron chi connectivity index (χ0n) is 11.3. The lowest BCUT2D eigenvalue weighted by Gasteiger charge is -2.35. The van der Waals surface area contributed by atoms with E-state index in [1.54, 1.807) is 0 Å². The highest BCUT2D eigenvalue weighted by molar-refractivity contribution is 5.79. The standard InChI is InChI=1S/C15H21NO2/c1-11-5-4-6-14(7-11)8-15(17)16-9-12(2)18-13(3)10-16/h4-7,12-13H,8-10H2,1-3H3/t12-,13-/m1/s1. The Morgan fingerprint density at radius 3 is 2.61 bits per heavy atom. The number of hydrogen-bond donors (Lipinski definition) is 0. The molecule has 2 atom stereocenters. The molecule has 1 aliphatic heterocycles. The molecule has 1 amide bonds. The molecule has 2 rings (SSSR count). The normalized spacial score (nSPS) is 24.1. The van der Waals surface area contributed by atoms with Crippen LogP contribution in [0.25, 0.3) is 0 Å². The van der Waals surface area contributed by atoms with Crippen LogP contribution in [-0.2, 0) is 16.0 Å². The van der Waals surface area contributed by atoms with Crippen LogP contribution in [0.4, 0.5) is 0 Å². The van der Waals surface area contributed by atoms with E-state index in [0.717, 1.165) is 5.56 Å². The minimum atomic E-state index is 0.134. The largest absolute Gasteiger partial charge is 0.372 e. The van der Waals surface area contributed by atoms with Gasteiger partial charge in [-0.25, -0.2) is 0 Å². The predicted octanol–water partition coefficient (Wildman–Crippen LogP) is 2.17. The summed E-state index contributed by atoms with van der Waals surface area (Å²) in [6.45, 7) is 7.49. The Balaban J connectivity index is 1.99. The van der Waals surface area contributed by atoms with Crippen molar-refractivity contribution in [3.63, 3.8) is 0 Å². The number of rotatable bonds is 2. The van der Waals surface area contributed by atoms with Crippen LogP contribution in [0.3, 0.4) is 0 Å². The first kappa shape index (κ1) is 13.1. The molecule has 1 heterocycles. The van der Waals surface area contributed by atoms with Crippen molar-refractivity contribution in [1.29, 1.82) is 0 Å². The summed E-state index contributed by atoms with van der Waals surface area (Å²) < 4.78 is 5.64. The van der Waals surface area contributed by atoms with Crippen molar-refractivity contribution < 1.29 is 9.53 Å². The number of carbonyl (C=O) groups excluding carboxylic acids is 1. The van der Waals surface area contributed by atoms with E-state index in [9.17, 15) is 4.79 Å². The van der Waals surface area contributed by atoms with Gasteiger partial charge in [-0.1, -0.05) is 29.8 Å². The van der Waals surface area contributed by atoms with Crippen LogP contribution in [0.5, 0.6) is 0 Å². The predicted molar refractivity (Wildman–Crippen MR) is 71.5 cm³/mol. The van der Waals surface area contributed by atoms with E-state index in [2.05, 4.69) is 6.07 Å². The molecule has 1 saturated heterocycles. The van der Waals surface area contributed by atoms with Crippen LogP contribution in [0, 0.1) is 6.92 Å². The van der Waals surface area contributed by atoms with Crippen molar-refractivity contribution in [1.82, 2.24) is 4.90 Å². The number of morpholine rings is 1. The Morgan fingerprint density at radius 2 is 2.00 bits per heavy atom. The zero-order valence-corrected chi connectivity index (χ0v) is 11.3. The minimum absolute atomic E-state index is 0.134. The average molecular weight is 247 g/mol. The van der Waals surface area contributed by atoms with Gasteiger partial charge >= 0.3 is 0 Å². The molecular formula is C15H21NO2. The molecule has 0 aromatic heterocycles. The van der Waals surface area contributed by atoms with Crippen LogP contribution < -0.4 is 0 Å². The van der Waals surface area contributed by atoms with Gasteiger partial charge in [-0.05, 0) is 26.3 Å². The maximum Gasteiger partial charge on any atom is 0.227 e. The van der Waals surface area contributed by atoms with Gasteiger partial charge in [0.25, 0.3) is 0 Å². The van der Waals surface area contributed by atoms with Gasteiger partial charge < -0.3 is 9.64 Å². The number of hydrogen-bond acceptors (Lipinski definition) is 2. The highest BCUT2D eigenvalue weighted by Gasteiger charge is 2.25. The summed E-state index contributed by atoms with van der Waals surface area (Å²) in [5.41, 5.74) is 2.29. The fourth-order valence-electron chi connectivity index (χ4n) is 2.49. The van der Waals surface area contributed by atoms with E-state index in [0.29, 0.717) is 19.5 Å². The SMILES string of the molecule is Cc1cccc(CC(=O)N2C[C@@H](C)O[C@H](C)C2)c1. The van der Waals surface area contributed by atoms with Gasteiger partial charge in [0.1, 0.15) is 0 Å². The first-order chi connectivity index (χ1) is 8.54. The first-order valence-corrected chi connectivity index (χ1v) is 6.53. The molecule has 1 aromatic carbocycles. The van der Waals surface area contributed by atoms with Gasteiger partial charge in [0.15, 0.2) is 0 Å². The van der Waals surface area contributed by atoms with Crippen molar-refractivity contribution in [2.45, 2.75) is 39.4 Å². The zero-order chi connectivity index (χ0) is 13.1. The number of amides is 1. The van der Waals surface area contributed by atoms with Crippen LogP contribution in [0.1, 0.15) is 25.0 Å². The summed E-state index contributed by atoms with van der Waals surface area (Å²) in [5, 5.41) is 0. The lowest BCUT2D eigenvalue weighted by molar-refractivity contribution is -0.142. The fraction of sp³-hybridized carbons (Fsp3) is 0.533. The Hall–Kier alpha value is -1.35. The van der Waals surface area contributed by atoms with Crippen molar-refractivity contribution in [2.24, 2.45) is 0 Å². The van der Waals surface area contributed by atoms with Crippen molar-refractivity contribution in [3.05, 3.63) is 35.4 Å². The molecule has 3 nitrogen and oxygen atoms in total. The van der Waals surface area contributed by atoms with Gasteiger partial charge in [0.2, 0.25) is 5.91 Å². The molecule has 1 fully saturated rings. The highest BCUT2D eigenvalue weighted by atomic mass is 16.5. The smallest absolute Gasteiger partial charge is 0.227 e. The second-order valence-electron chi connectivity index (χ2n) is 5.22. The van der Waals surface area contributed by atoms with E-state index in [1.165, 1.54) is 5.56 Å². The number of ether oxygens (including phenoxy) is 1. The second-order valence-corrected chi connectivity index (χ2v) is 5.22. The molecule has 0 radical (unpaired) electrons. The Bertz CT molecular complexity index is 420. The molecule has 0 aliphatic carbocycles. The molecule has 3 heteroatoms. The monoisotopic (exact) mass is 247 g/mol. The van der Waals surface area contributed by atoms with Gasteiger partial charge in [0, 0.05) is 13.1 Å². The maximum atomic E-state index is 12.2. The Labute approximate surface area is 109 Å². The summed E-state index contributed by atoms with van der Waals surface area (Å²) >= 11 is 0. The van der Waals surface area contributed by atoms with Gasteiger partial charge in [-0.3, -0.25) is 4.79 Å². The van der Waals surface area contributed by atoms with Crippen molar-refractivity contribution in [2.75, 3.05) is 13.1 Å². The summed E-state index contributed by atoms with van der Waals surface area (Å²) in [6.07, 6.45) is 0.756. The van der Waals surface area contributed by atoms with Crippen LogP contribution in [0.15, 0.2) is 24.3 Å². The highest BCUT2D eigenvalue weighted by Crippen LogP contribution is 2.13. The third-order valence-electron chi connectivity index (χ3n) is 3.21. The number of nitrogens with zero attached hydrogens (tertiary/aromatic N) is 1. The van der Waals surface area contributed by atoms with Crippen molar-refractivity contribution in [3.8, 4) is 0 Å². The number of aryl methyl sites for hydroxylation is 1. The molecule has 1 aliphatic rings. The summed E-state index contributed by atoms with van der Waals surface area (Å²) in [6, 6.07) is 8.14. The maximum absolute atomic E-state index is 12.2. The minimum Gasteiger partial charge on any atom is -0.372 e. The third-order valence-corrected chi connectivity index (χ3v) is 3.21. The Kier molecular flexibility index (Phi) is 4.02. The van der Waals surface area contributed by atoms with Crippen molar-refractivity contribution >= 4 is 5.91 Å². The van der Waals surface area contributed by atoms with Gasteiger partial charge in [-0.2, -0.15) is 0 Å². The molecule has 0 spiro atoms. The molecule has 98 valence electrons. The molecule has 0 bridgehead atoms. The molecule has 18 heavy (non-hydrogen) atoms. The average Bonchev–Trinajstić information content (AvgIpc) is 2.27. The fourth-order valence-corrected chi connectivity index (χ4v) is 2.49. The molecular weight excluding hydrogens is 226 g/mol. The third kappa shape index (κ3) is 3.33.